The van der Waals surface area contributed by atoms with E-state index in [1.54, 1.807) is 0 Å². The molecule has 2 heteroatoms. The van der Waals surface area contributed by atoms with Crippen LogP contribution in [0, 0.1) is 0 Å². The van der Waals surface area contributed by atoms with E-state index in [9.17, 15) is 0 Å². The van der Waals surface area contributed by atoms with Crippen LogP contribution >= 0.6 is 0 Å². The maximum atomic E-state index is 2.34. The van der Waals surface area contributed by atoms with Gasteiger partial charge in [0.1, 0.15) is 0 Å². The third-order valence-electron chi connectivity index (χ3n) is 4.21. The van der Waals surface area contributed by atoms with Gasteiger partial charge in [-0.25, -0.2) is 0 Å². The Morgan fingerprint density at radius 3 is 1.47 bits per heavy atom. The second-order valence-electron chi connectivity index (χ2n) is 6.80. The van der Waals surface area contributed by atoms with Crippen molar-refractivity contribution < 1.29 is 16.9 Å². The second-order valence-corrected chi connectivity index (χ2v) is 6.80. The van der Waals surface area contributed by atoms with E-state index in [-0.39, 0.29) is 12.4 Å². The summed E-state index contributed by atoms with van der Waals surface area (Å²) in [5, 5.41) is 0. The van der Waals surface area contributed by atoms with Crippen LogP contribution in [0.5, 0.6) is 0 Å². The molecule has 0 fully saturated rings. The Morgan fingerprint density at radius 1 is 0.684 bits per heavy atom. The fourth-order valence-electron chi connectivity index (χ4n) is 2.83. The van der Waals surface area contributed by atoms with Crippen LogP contribution in [-0.4, -0.2) is 31.7 Å². The summed E-state index contributed by atoms with van der Waals surface area (Å²) < 4.78 is 1.13. The molecule has 1 unspecified atom stereocenters. The summed E-state index contributed by atoms with van der Waals surface area (Å²) in [7, 11) is 7.01. The van der Waals surface area contributed by atoms with Crippen LogP contribution in [0.3, 0.4) is 0 Å². The lowest BCUT2D eigenvalue weighted by Crippen LogP contribution is -3.00. The normalized spacial score (nSPS) is 13.1. The molecule has 1 atom stereocenters. The van der Waals surface area contributed by atoms with Gasteiger partial charge in [0.15, 0.2) is 0 Å². The lowest BCUT2D eigenvalue weighted by atomic mass is 10.0. The molecule has 0 N–H and O–H groups in total. The zero-order valence-corrected chi connectivity index (χ0v) is 14.9. The summed E-state index contributed by atoms with van der Waals surface area (Å²) in [6.07, 6.45) is 15.7. The van der Waals surface area contributed by atoms with E-state index in [2.05, 4.69) is 35.0 Å². The Balaban J connectivity index is 0. The van der Waals surface area contributed by atoms with Crippen LogP contribution in [0.4, 0.5) is 0 Å². The van der Waals surface area contributed by atoms with Gasteiger partial charge in [0.25, 0.3) is 0 Å². The monoisotopic (exact) mass is 291 g/mol. The minimum absolute atomic E-state index is 0. The van der Waals surface area contributed by atoms with Gasteiger partial charge in [-0.1, -0.05) is 65.2 Å². The maximum absolute atomic E-state index is 2.34. The molecule has 118 valence electrons. The topological polar surface area (TPSA) is 0 Å². The number of rotatable bonds is 12. The summed E-state index contributed by atoms with van der Waals surface area (Å²) in [6, 6.07) is 0.856. The highest BCUT2D eigenvalue weighted by atomic mass is 35.5. The van der Waals surface area contributed by atoms with Crippen molar-refractivity contribution in [2.75, 3.05) is 21.1 Å². The van der Waals surface area contributed by atoms with Crippen LogP contribution in [0.1, 0.15) is 84.5 Å². The molecule has 0 bridgehead atoms. The number of quaternary nitrogens is 1. The number of unbranched alkanes of at least 4 members (excludes halogenated alkanes) is 8. The first-order valence-corrected chi connectivity index (χ1v) is 8.33. The Labute approximate surface area is 129 Å². The largest absolute Gasteiger partial charge is 1.00 e. The van der Waals surface area contributed by atoms with Gasteiger partial charge >= 0.3 is 0 Å². The molecule has 0 rings (SSSR count). The molecule has 0 aliphatic carbocycles. The first kappa shape index (κ1) is 21.5. The molecule has 0 aliphatic rings. The molecule has 0 aromatic rings. The molecular formula is C17H38ClN. The lowest BCUT2D eigenvalue weighted by Gasteiger charge is -2.33. The summed E-state index contributed by atoms with van der Waals surface area (Å²) >= 11 is 0. The minimum Gasteiger partial charge on any atom is -1.00 e. The quantitative estimate of drug-likeness (QED) is 0.383. The molecule has 0 spiro atoms. The maximum Gasteiger partial charge on any atom is 0.0881 e. The van der Waals surface area contributed by atoms with Crippen molar-refractivity contribution in [3.63, 3.8) is 0 Å². The Hall–Kier alpha value is 0.250. The van der Waals surface area contributed by atoms with Crippen LogP contribution in [-0.2, 0) is 0 Å². The molecular weight excluding hydrogens is 254 g/mol. The third-order valence-corrected chi connectivity index (χ3v) is 4.21. The number of hydrogen-bond donors (Lipinski definition) is 0. The van der Waals surface area contributed by atoms with Crippen molar-refractivity contribution in [2.45, 2.75) is 90.5 Å². The molecule has 0 aromatic carbocycles. The van der Waals surface area contributed by atoms with E-state index in [0.717, 1.165) is 10.5 Å². The van der Waals surface area contributed by atoms with Crippen molar-refractivity contribution in [3.05, 3.63) is 0 Å². The summed E-state index contributed by atoms with van der Waals surface area (Å²) in [6.45, 7) is 4.62. The van der Waals surface area contributed by atoms with Gasteiger partial charge in [0.2, 0.25) is 0 Å². The summed E-state index contributed by atoms with van der Waals surface area (Å²) in [5.74, 6) is 0. The molecule has 0 amide bonds. The fraction of sp³-hybridized carbons (Fsp3) is 1.00. The standard InChI is InChI=1S/C17H38N.ClH/c1-6-8-9-10-11-12-13-14-15-16-17(7-2)18(3,4)5;/h17H,6-16H2,1-5H3;1H/q+1;/p-1. The molecule has 0 saturated carbocycles. The minimum atomic E-state index is 0. The lowest BCUT2D eigenvalue weighted by molar-refractivity contribution is -0.896. The van der Waals surface area contributed by atoms with Crippen LogP contribution in [0.2, 0.25) is 0 Å². The molecule has 0 saturated heterocycles. The first-order valence-electron chi connectivity index (χ1n) is 8.33. The molecule has 1 nitrogen and oxygen atoms in total. The molecule has 0 aliphatic heterocycles. The SMILES string of the molecule is CCCCCCCCCCCC(CC)[N+](C)(C)C.[Cl-]. The van der Waals surface area contributed by atoms with E-state index >= 15 is 0 Å². The zero-order valence-electron chi connectivity index (χ0n) is 14.2. The van der Waals surface area contributed by atoms with Gasteiger partial charge in [0, 0.05) is 0 Å². The average Bonchev–Trinajstić information content (AvgIpc) is 2.30. The first-order chi connectivity index (χ1) is 8.52. The predicted octanol–water partition coefficient (Wildman–Crippen LogP) is 2.40. The highest BCUT2D eigenvalue weighted by Crippen LogP contribution is 2.17. The van der Waals surface area contributed by atoms with Crippen LogP contribution in [0.25, 0.3) is 0 Å². The van der Waals surface area contributed by atoms with Gasteiger partial charge in [-0.2, -0.15) is 0 Å². The van der Waals surface area contributed by atoms with E-state index in [0.29, 0.717) is 0 Å². The fourth-order valence-corrected chi connectivity index (χ4v) is 2.83. The summed E-state index contributed by atoms with van der Waals surface area (Å²) in [5.41, 5.74) is 0. The highest BCUT2D eigenvalue weighted by Gasteiger charge is 2.20. The van der Waals surface area contributed by atoms with E-state index in [1.165, 1.54) is 70.6 Å². The van der Waals surface area contributed by atoms with Gasteiger partial charge in [-0.3, -0.25) is 0 Å². The molecule has 19 heavy (non-hydrogen) atoms. The molecule has 0 heterocycles. The Bertz CT molecular complexity index is 175. The average molecular weight is 292 g/mol. The summed E-state index contributed by atoms with van der Waals surface area (Å²) in [4.78, 5) is 0. The van der Waals surface area contributed by atoms with Crippen molar-refractivity contribution in [1.82, 2.24) is 0 Å². The van der Waals surface area contributed by atoms with Crippen molar-refractivity contribution in [3.8, 4) is 0 Å². The Kier molecular flexibility index (Phi) is 15.0. The smallest absolute Gasteiger partial charge is 0.0881 e. The van der Waals surface area contributed by atoms with Crippen LogP contribution in [0.15, 0.2) is 0 Å². The van der Waals surface area contributed by atoms with Gasteiger partial charge in [-0.05, 0) is 19.3 Å². The van der Waals surface area contributed by atoms with Crippen molar-refractivity contribution in [1.29, 1.82) is 0 Å². The molecule has 0 radical (unpaired) electrons. The van der Waals surface area contributed by atoms with E-state index < -0.39 is 0 Å². The molecule has 0 aromatic heterocycles. The van der Waals surface area contributed by atoms with Gasteiger partial charge in [0.05, 0.1) is 27.2 Å². The van der Waals surface area contributed by atoms with Crippen molar-refractivity contribution >= 4 is 0 Å². The number of nitrogens with zero attached hydrogens (tertiary/aromatic N) is 1. The van der Waals surface area contributed by atoms with E-state index in [1.807, 2.05) is 0 Å². The third kappa shape index (κ3) is 13.0. The Morgan fingerprint density at radius 2 is 1.11 bits per heavy atom. The number of hydrogen-bond acceptors (Lipinski definition) is 0. The van der Waals surface area contributed by atoms with Crippen LogP contribution < -0.4 is 12.4 Å². The predicted molar refractivity (Wildman–Crippen MR) is 84.0 cm³/mol. The van der Waals surface area contributed by atoms with E-state index in [4.69, 9.17) is 0 Å². The second kappa shape index (κ2) is 13.2. The highest BCUT2D eigenvalue weighted by molar-refractivity contribution is 4.56. The van der Waals surface area contributed by atoms with Gasteiger partial charge < -0.3 is 16.9 Å². The number of halogens is 1. The van der Waals surface area contributed by atoms with Crippen molar-refractivity contribution in [2.24, 2.45) is 0 Å². The zero-order chi connectivity index (χ0) is 13.9. The van der Waals surface area contributed by atoms with Gasteiger partial charge in [-0.15, -0.1) is 0 Å².